The average molecular weight is 355 g/mol. The number of urea groups is 1. The molecular formula is C20H19F2N3O. The number of likely N-dealkylation sites (tertiary alicyclic amines) is 1. The van der Waals surface area contributed by atoms with E-state index in [0.717, 1.165) is 30.5 Å². The molecule has 0 radical (unpaired) electrons. The van der Waals surface area contributed by atoms with Crippen molar-refractivity contribution in [3.8, 4) is 0 Å². The predicted molar refractivity (Wildman–Crippen MR) is 97.2 cm³/mol. The fraction of sp³-hybridized carbons (Fsp3) is 0.250. The van der Waals surface area contributed by atoms with E-state index in [4.69, 9.17) is 0 Å². The molecule has 2 N–H and O–H groups in total. The number of aromatic amines is 1. The summed E-state index contributed by atoms with van der Waals surface area (Å²) >= 11 is 0. The van der Waals surface area contributed by atoms with E-state index in [2.05, 4.69) is 28.6 Å². The van der Waals surface area contributed by atoms with E-state index in [1.165, 1.54) is 17.0 Å². The highest BCUT2D eigenvalue weighted by Crippen LogP contribution is 2.33. The first-order valence-electron chi connectivity index (χ1n) is 8.69. The third kappa shape index (κ3) is 3.14. The summed E-state index contributed by atoms with van der Waals surface area (Å²) < 4.78 is 26.7. The lowest BCUT2D eigenvalue weighted by atomic mass is 9.89. The quantitative estimate of drug-likeness (QED) is 0.678. The van der Waals surface area contributed by atoms with E-state index in [9.17, 15) is 13.6 Å². The molecule has 0 spiro atoms. The van der Waals surface area contributed by atoms with Crippen molar-refractivity contribution in [1.29, 1.82) is 0 Å². The lowest BCUT2D eigenvalue weighted by Crippen LogP contribution is -2.40. The van der Waals surface area contributed by atoms with Gasteiger partial charge in [-0.2, -0.15) is 0 Å². The van der Waals surface area contributed by atoms with Gasteiger partial charge in [0.1, 0.15) is 11.6 Å². The van der Waals surface area contributed by atoms with Crippen LogP contribution in [0.5, 0.6) is 0 Å². The van der Waals surface area contributed by atoms with Crippen LogP contribution in [0.3, 0.4) is 0 Å². The van der Waals surface area contributed by atoms with Gasteiger partial charge >= 0.3 is 6.03 Å². The Morgan fingerprint density at radius 3 is 2.65 bits per heavy atom. The molecule has 0 bridgehead atoms. The van der Waals surface area contributed by atoms with Gasteiger partial charge in [0.2, 0.25) is 0 Å². The molecule has 1 saturated heterocycles. The molecule has 1 aliphatic heterocycles. The summed E-state index contributed by atoms with van der Waals surface area (Å²) in [7, 11) is 0. The summed E-state index contributed by atoms with van der Waals surface area (Å²) in [5.74, 6) is -1.05. The highest BCUT2D eigenvalue weighted by atomic mass is 19.1. The minimum absolute atomic E-state index is 0.00449. The zero-order valence-electron chi connectivity index (χ0n) is 14.1. The molecule has 134 valence electrons. The summed E-state index contributed by atoms with van der Waals surface area (Å²) in [6.45, 7) is 1.19. The maximum Gasteiger partial charge on any atom is 0.321 e. The van der Waals surface area contributed by atoms with Gasteiger partial charge < -0.3 is 15.2 Å². The van der Waals surface area contributed by atoms with Crippen LogP contribution in [0, 0.1) is 11.6 Å². The van der Waals surface area contributed by atoms with Crippen molar-refractivity contribution in [1.82, 2.24) is 9.88 Å². The van der Waals surface area contributed by atoms with Gasteiger partial charge in [-0.05, 0) is 42.5 Å². The van der Waals surface area contributed by atoms with Crippen molar-refractivity contribution in [3.05, 3.63) is 65.9 Å². The van der Waals surface area contributed by atoms with Crippen molar-refractivity contribution in [2.75, 3.05) is 18.4 Å². The predicted octanol–water partition coefficient (Wildman–Crippen LogP) is 4.86. The fourth-order valence-electron chi connectivity index (χ4n) is 3.61. The molecule has 0 unspecified atom stereocenters. The largest absolute Gasteiger partial charge is 0.361 e. The highest BCUT2D eigenvalue weighted by molar-refractivity contribution is 5.89. The molecule has 1 aliphatic rings. The number of nitrogens with one attached hydrogen (secondary N) is 2. The number of hydrogen-bond donors (Lipinski definition) is 2. The van der Waals surface area contributed by atoms with Crippen LogP contribution < -0.4 is 5.32 Å². The van der Waals surface area contributed by atoms with E-state index in [1.54, 1.807) is 4.90 Å². The minimum Gasteiger partial charge on any atom is -0.361 e. The smallest absolute Gasteiger partial charge is 0.321 e. The number of benzene rings is 2. The number of nitrogens with zero attached hydrogens (tertiary/aromatic N) is 1. The molecule has 26 heavy (non-hydrogen) atoms. The first kappa shape index (κ1) is 16.6. The minimum atomic E-state index is -0.771. The van der Waals surface area contributed by atoms with E-state index in [-0.39, 0.29) is 11.7 Å². The number of fused-ring (bicyclic) bond motifs is 1. The molecule has 3 aromatic rings. The Labute approximate surface area is 149 Å². The number of aromatic nitrogens is 1. The van der Waals surface area contributed by atoms with Crippen LogP contribution in [0.25, 0.3) is 10.9 Å². The molecule has 6 heteroatoms. The maximum absolute atomic E-state index is 13.7. The number of anilines is 1. The molecular weight excluding hydrogens is 336 g/mol. The molecule has 2 aromatic carbocycles. The monoisotopic (exact) mass is 355 g/mol. The van der Waals surface area contributed by atoms with Gasteiger partial charge in [-0.15, -0.1) is 0 Å². The molecule has 2 heterocycles. The number of hydrogen-bond acceptors (Lipinski definition) is 1. The SMILES string of the molecule is O=C(Nc1ccc(F)cc1F)N1CCC(c2c[nH]c3ccccc23)CC1. The van der Waals surface area contributed by atoms with Gasteiger partial charge in [-0.1, -0.05) is 18.2 Å². The molecule has 0 aliphatic carbocycles. The Morgan fingerprint density at radius 2 is 1.88 bits per heavy atom. The summed E-state index contributed by atoms with van der Waals surface area (Å²) in [5, 5.41) is 3.75. The number of carbonyl (C=O) groups excluding carboxylic acids is 1. The van der Waals surface area contributed by atoms with Crippen molar-refractivity contribution < 1.29 is 13.6 Å². The van der Waals surface area contributed by atoms with Crippen LogP contribution in [0.4, 0.5) is 19.3 Å². The topological polar surface area (TPSA) is 48.1 Å². The lowest BCUT2D eigenvalue weighted by Gasteiger charge is -2.32. The van der Waals surface area contributed by atoms with Crippen LogP contribution >= 0.6 is 0 Å². The zero-order chi connectivity index (χ0) is 18.1. The Balaban J connectivity index is 1.41. The zero-order valence-corrected chi connectivity index (χ0v) is 14.1. The maximum atomic E-state index is 13.7. The second-order valence-electron chi connectivity index (χ2n) is 6.61. The Bertz CT molecular complexity index is 945. The first-order chi connectivity index (χ1) is 12.6. The van der Waals surface area contributed by atoms with Crippen LogP contribution in [-0.4, -0.2) is 29.0 Å². The molecule has 4 nitrogen and oxygen atoms in total. The van der Waals surface area contributed by atoms with E-state index in [0.29, 0.717) is 19.0 Å². The van der Waals surface area contributed by atoms with Crippen molar-refractivity contribution >= 4 is 22.6 Å². The van der Waals surface area contributed by atoms with Gasteiger partial charge in [0.25, 0.3) is 0 Å². The Kier molecular flexibility index (Phi) is 4.32. The molecule has 4 rings (SSSR count). The number of halogens is 2. The first-order valence-corrected chi connectivity index (χ1v) is 8.69. The molecule has 0 saturated carbocycles. The second kappa shape index (κ2) is 6.78. The van der Waals surface area contributed by atoms with Crippen molar-refractivity contribution in [2.45, 2.75) is 18.8 Å². The van der Waals surface area contributed by atoms with Crippen LogP contribution in [-0.2, 0) is 0 Å². The molecule has 1 aromatic heterocycles. The number of piperidine rings is 1. The average Bonchev–Trinajstić information content (AvgIpc) is 3.08. The summed E-state index contributed by atoms with van der Waals surface area (Å²) in [6.07, 6.45) is 3.75. The lowest BCUT2D eigenvalue weighted by molar-refractivity contribution is 0.194. The van der Waals surface area contributed by atoms with Gasteiger partial charge in [0.05, 0.1) is 5.69 Å². The number of carbonyl (C=O) groups is 1. The molecule has 1 fully saturated rings. The third-order valence-corrected chi connectivity index (χ3v) is 5.02. The van der Waals surface area contributed by atoms with E-state index in [1.807, 2.05) is 12.1 Å². The number of rotatable bonds is 2. The van der Waals surface area contributed by atoms with Crippen LogP contribution in [0.15, 0.2) is 48.7 Å². The van der Waals surface area contributed by atoms with E-state index < -0.39 is 11.6 Å². The summed E-state index contributed by atoms with van der Waals surface area (Å²) in [4.78, 5) is 17.3. The summed E-state index contributed by atoms with van der Waals surface area (Å²) in [5.41, 5.74) is 2.40. The van der Waals surface area contributed by atoms with Gasteiger partial charge in [0, 0.05) is 36.3 Å². The van der Waals surface area contributed by atoms with Crippen molar-refractivity contribution in [2.24, 2.45) is 0 Å². The Hall–Kier alpha value is -2.89. The van der Waals surface area contributed by atoms with Gasteiger partial charge in [-0.3, -0.25) is 0 Å². The highest BCUT2D eigenvalue weighted by Gasteiger charge is 2.25. The second-order valence-corrected chi connectivity index (χ2v) is 6.61. The van der Waals surface area contributed by atoms with Crippen molar-refractivity contribution in [3.63, 3.8) is 0 Å². The molecule has 2 amide bonds. The van der Waals surface area contributed by atoms with Crippen LogP contribution in [0.1, 0.15) is 24.3 Å². The fourth-order valence-corrected chi connectivity index (χ4v) is 3.61. The summed E-state index contributed by atoms with van der Waals surface area (Å²) in [6, 6.07) is 11.0. The third-order valence-electron chi connectivity index (χ3n) is 5.02. The van der Waals surface area contributed by atoms with Crippen LogP contribution in [0.2, 0.25) is 0 Å². The molecule has 0 atom stereocenters. The van der Waals surface area contributed by atoms with E-state index >= 15 is 0 Å². The van der Waals surface area contributed by atoms with Gasteiger partial charge in [0.15, 0.2) is 0 Å². The number of amides is 2. The normalized spacial score (nSPS) is 15.4. The number of para-hydroxylation sites is 1. The number of H-pyrrole nitrogens is 1. The Morgan fingerprint density at radius 1 is 1.12 bits per heavy atom. The standard InChI is InChI=1S/C20H19F2N3O/c21-14-5-6-19(17(22)11-14)24-20(26)25-9-7-13(8-10-25)16-12-23-18-4-2-1-3-15(16)18/h1-6,11-13,23H,7-10H2,(H,24,26). The van der Waals surface area contributed by atoms with Gasteiger partial charge in [-0.25, -0.2) is 13.6 Å².